The molecule has 74 valence electrons. The van der Waals surface area contributed by atoms with Gasteiger partial charge in [0.25, 0.3) is 0 Å². The number of aliphatic hydroxyl groups is 1. The van der Waals surface area contributed by atoms with Crippen LogP contribution in [0.1, 0.15) is 4.88 Å². The third-order valence-corrected chi connectivity index (χ3v) is 2.49. The Morgan fingerprint density at radius 1 is 1.69 bits per heavy atom. The molecule has 0 spiro atoms. The average molecular weight is 201 g/mol. The molecule has 0 amide bonds. The molecule has 0 aromatic carbocycles. The zero-order valence-corrected chi connectivity index (χ0v) is 8.51. The van der Waals surface area contributed by atoms with Gasteiger partial charge in [-0.2, -0.15) is 0 Å². The Labute approximate surface area is 82.4 Å². The summed E-state index contributed by atoms with van der Waals surface area (Å²) in [5, 5.41) is 14.5. The second-order valence-corrected chi connectivity index (χ2v) is 3.85. The van der Waals surface area contributed by atoms with Gasteiger partial charge < -0.3 is 15.2 Å². The number of hydrogen-bond donors (Lipinski definition) is 2. The summed E-state index contributed by atoms with van der Waals surface area (Å²) < 4.78 is 4.80. The minimum atomic E-state index is -0.412. The van der Waals surface area contributed by atoms with Crippen LogP contribution in [0.3, 0.4) is 0 Å². The number of thiophene rings is 1. The maximum absolute atomic E-state index is 9.29. The Bertz CT molecular complexity index is 213. The molecule has 1 unspecified atom stereocenters. The van der Waals surface area contributed by atoms with Crippen molar-refractivity contribution in [3.63, 3.8) is 0 Å². The first-order chi connectivity index (χ1) is 6.33. The number of rotatable bonds is 6. The van der Waals surface area contributed by atoms with Gasteiger partial charge in [-0.05, 0) is 11.4 Å². The molecule has 4 heteroatoms. The third-order valence-electron chi connectivity index (χ3n) is 1.62. The Balaban J connectivity index is 2.07. The maximum Gasteiger partial charge on any atom is 0.0897 e. The summed E-state index contributed by atoms with van der Waals surface area (Å²) in [6, 6.07) is 4.09. The summed E-state index contributed by atoms with van der Waals surface area (Å²) in [5.74, 6) is 0. The number of ether oxygens (including phenoxy) is 1. The first-order valence-electron chi connectivity index (χ1n) is 4.23. The first kappa shape index (κ1) is 10.7. The van der Waals surface area contributed by atoms with E-state index in [1.807, 2.05) is 11.4 Å². The number of hydrogen-bond acceptors (Lipinski definition) is 4. The molecule has 1 heterocycles. The highest BCUT2D eigenvalue weighted by Gasteiger charge is 2.01. The topological polar surface area (TPSA) is 41.5 Å². The largest absolute Gasteiger partial charge is 0.389 e. The van der Waals surface area contributed by atoms with Crippen molar-refractivity contribution in [2.45, 2.75) is 12.6 Å². The predicted molar refractivity (Wildman–Crippen MR) is 53.9 cm³/mol. The molecule has 1 aromatic heterocycles. The Hall–Kier alpha value is -0.420. The van der Waals surface area contributed by atoms with Crippen LogP contribution in [-0.2, 0) is 11.3 Å². The predicted octanol–water partition coefficient (Wildman–Crippen LogP) is 0.845. The van der Waals surface area contributed by atoms with Crippen LogP contribution in [0.25, 0.3) is 0 Å². The summed E-state index contributed by atoms with van der Waals surface area (Å²) in [6.45, 7) is 1.78. The Kier molecular flexibility index (Phi) is 5.00. The van der Waals surface area contributed by atoms with Crippen LogP contribution in [0.5, 0.6) is 0 Å². The van der Waals surface area contributed by atoms with E-state index in [4.69, 9.17) is 4.74 Å². The Morgan fingerprint density at radius 3 is 3.15 bits per heavy atom. The molecule has 1 rings (SSSR count). The zero-order valence-electron chi connectivity index (χ0n) is 7.69. The minimum Gasteiger partial charge on any atom is -0.389 e. The van der Waals surface area contributed by atoms with Gasteiger partial charge in [-0.15, -0.1) is 11.3 Å². The second-order valence-electron chi connectivity index (χ2n) is 2.82. The van der Waals surface area contributed by atoms with Crippen LogP contribution in [0.2, 0.25) is 0 Å². The van der Waals surface area contributed by atoms with Gasteiger partial charge in [0.1, 0.15) is 0 Å². The zero-order chi connectivity index (χ0) is 9.52. The molecular weight excluding hydrogens is 186 g/mol. The molecule has 13 heavy (non-hydrogen) atoms. The van der Waals surface area contributed by atoms with Gasteiger partial charge in [-0.25, -0.2) is 0 Å². The lowest BCUT2D eigenvalue weighted by Crippen LogP contribution is -2.29. The van der Waals surface area contributed by atoms with Gasteiger partial charge >= 0.3 is 0 Å². The van der Waals surface area contributed by atoms with Crippen molar-refractivity contribution < 1.29 is 9.84 Å². The minimum absolute atomic E-state index is 0.386. The van der Waals surface area contributed by atoms with Crippen molar-refractivity contribution in [1.82, 2.24) is 5.32 Å². The molecule has 0 bridgehead atoms. The molecule has 0 saturated carbocycles. The number of methoxy groups -OCH3 is 1. The van der Waals surface area contributed by atoms with Crippen LogP contribution in [0, 0.1) is 0 Å². The van der Waals surface area contributed by atoms with Crippen molar-refractivity contribution in [3.8, 4) is 0 Å². The van der Waals surface area contributed by atoms with Crippen LogP contribution < -0.4 is 5.32 Å². The van der Waals surface area contributed by atoms with E-state index in [1.165, 1.54) is 4.88 Å². The summed E-state index contributed by atoms with van der Waals surface area (Å²) in [6.07, 6.45) is -0.412. The molecule has 2 N–H and O–H groups in total. The van der Waals surface area contributed by atoms with E-state index in [0.717, 1.165) is 6.54 Å². The normalized spacial score (nSPS) is 13.1. The van der Waals surface area contributed by atoms with Crippen molar-refractivity contribution in [3.05, 3.63) is 22.4 Å². The Morgan fingerprint density at radius 2 is 2.54 bits per heavy atom. The van der Waals surface area contributed by atoms with E-state index in [2.05, 4.69) is 11.4 Å². The SMILES string of the molecule is COCC(O)CNCc1cccs1. The molecule has 3 nitrogen and oxygen atoms in total. The van der Waals surface area contributed by atoms with Crippen molar-refractivity contribution in [1.29, 1.82) is 0 Å². The van der Waals surface area contributed by atoms with E-state index >= 15 is 0 Å². The fourth-order valence-corrected chi connectivity index (χ4v) is 1.70. The van der Waals surface area contributed by atoms with E-state index in [0.29, 0.717) is 13.2 Å². The van der Waals surface area contributed by atoms with E-state index in [-0.39, 0.29) is 0 Å². The second kappa shape index (κ2) is 6.10. The molecule has 0 radical (unpaired) electrons. The van der Waals surface area contributed by atoms with Crippen LogP contribution in [-0.4, -0.2) is 31.5 Å². The lowest BCUT2D eigenvalue weighted by atomic mass is 10.3. The molecule has 0 fully saturated rings. The fourth-order valence-electron chi connectivity index (χ4n) is 1.03. The molecule has 0 saturated heterocycles. The first-order valence-corrected chi connectivity index (χ1v) is 5.11. The molecule has 0 aliphatic heterocycles. The van der Waals surface area contributed by atoms with Gasteiger partial charge in [0.05, 0.1) is 12.7 Å². The smallest absolute Gasteiger partial charge is 0.0897 e. The van der Waals surface area contributed by atoms with Crippen LogP contribution in [0.4, 0.5) is 0 Å². The van der Waals surface area contributed by atoms with Gasteiger partial charge in [0.15, 0.2) is 0 Å². The fraction of sp³-hybridized carbons (Fsp3) is 0.556. The monoisotopic (exact) mass is 201 g/mol. The van der Waals surface area contributed by atoms with Crippen molar-refractivity contribution >= 4 is 11.3 Å². The molecule has 1 atom stereocenters. The highest BCUT2D eigenvalue weighted by molar-refractivity contribution is 7.09. The van der Waals surface area contributed by atoms with E-state index in [9.17, 15) is 5.11 Å². The van der Waals surface area contributed by atoms with Gasteiger partial charge in [0.2, 0.25) is 0 Å². The summed E-state index contributed by atoms with van der Waals surface area (Å²) in [5.41, 5.74) is 0. The molecule has 0 aliphatic carbocycles. The molecular formula is C9H15NO2S. The summed E-state index contributed by atoms with van der Waals surface area (Å²) in [4.78, 5) is 1.28. The quantitative estimate of drug-likeness (QED) is 0.717. The highest BCUT2D eigenvalue weighted by atomic mass is 32.1. The number of aliphatic hydroxyl groups excluding tert-OH is 1. The van der Waals surface area contributed by atoms with Crippen LogP contribution in [0.15, 0.2) is 17.5 Å². The maximum atomic E-state index is 9.29. The lowest BCUT2D eigenvalue weighted by Gasteiger charge is -2.09. The highest BCUT2D eigenvalue weighted by Crippen LogP contribution is 2.06. The van der Waals surface area contributed by atoms with Crippen LogP contribution >= 0.6 is 11.3 Å². The standard InChI is InChI=1S/C9H15NO2S/c1-12-7-8(11)5-10-6-9-3-2-4-13-9/h2-4,8,10-11H,5-7H2,1H3. The number of nitrogens with one attached hydrogen (secondary N) is 1. The van der Waals surface area contributed by atoms with Gasteiger partial charge in [0, 0.05) is 25.1 Å². The average Bonchev–Trinajstić information content (AvgIpc) is 2.57. The third kappa shape index (κ3) is 4.38. The van der Waals surface area contributed by atoms with Gasteiger partial charge in [-0.3, -0.25) is 0 Å². The van der Waals surface area contributed by atoms with E-state index in [1.54, 1.807) is 18.4 Å². The lowest BCUT2D eigenvalue weighted by molar-refractivity contribution is 0.0644. The summed E-state index contributed by atoms with van der Waals surface area (Å²) in [7, 11) is 1.59. The van der Waals surface area contributed by atoms with Crippen molar-refractivity contribution in [2.75, 3.05) is 20.3 Å². The molecule has 0 aliphatic rings. The van der Waals surface area contributed by atoms with Gasteiger partial charge in [-0.1, -0.05) is 6.07 Å². The van der Waals surface area contributed by atoms with Crippen molar-refractivity contribution in [2.24, 2.45) is 0 Å². The summed E-state index contributed by atoms with van der Waals surface area (Å²) >= 11 is 1.71. The molecule has 1 aromatic rings. The van der Waals surface area contributed by atoms with E-state index < -0.39 is 6.10 Å².